The summed E-state index contributed by atoms with van der Waals surface area (Å²) in [5, 5.41) is 5.86. The molecule has 1 aromatic rings. The van der Waals surface area contributed by atoms with E-state index >= 15 is 0 Å². The number of hydrogen-bond donors (Lipinski definition) is 2. The topological polar surface area (TPSA) is 64.7 Å². The van der Waals surface area contributed by atoms with Crippen molar-refractivity contribution in [3.63, 3.8) is 0 Å². The molecule has 0 aromatic heterocycles. The van der Waals surface area contributed by atoms with Crippen molar-refractivity contribution in [3.05, 3.63) is 30.3 Å². The number of nitrogens with zero attached hydrogens (tertiary/aromatic N) is 2. The number of para-hydroxylation sites is 1. The number of hydrogen-bond acceptors (Lipinski definition) is 3. The first-order valence-corrected chi connectivity index (χ1v) is 11.3. The molecule has 1 atom stereocenters. The second-order valence-corrected chi connectivity index (χ2v) is 8.29. The number of likely N-dealkylation sites (tertiary alicyclic amines) is 1. The van der Waals surface area contributed by atoms with Crippen LogP contribution in [-0.4, -0.2) is 60.0 Å². The van der Waals surface area contributed by atoms with Gasteiger partial charge < -0.3 is 15.5 Å². The number of rotatable bonds is 7. The molecule has 1 aliphatic carbocycles. The number of nitrogens with one attached hydrogen (secondary N) is 2. The van der Waals surface area contributed by atoms with E-state index in [1.54, 1.807) is 0 Å². The van der Waals surface area contributed by atoms with Crippen molar-refractivity contribution < 1.29 is 9.59 Å². The van der Waals surface area contributed by atoms with Crippen LogP contribution in [0.5, 0.6) is 0 Å². The molecule has 0 spiro atoms. The number of anilines is 1. The highest BCUT2D eigenvalue weighted by atomic mass is 16.2. The van der Waals surface area contributed by atoms with E-state index in [9.17, 15) is 9.59 Å². The van der Waals surface area contributed by atoms with Crippen molar-refractivity contribution in [2.75, 3.05) is 31.5 Å². The van der Waals surface area contributed by atoms with Crippen LogP contribution in [0.2, 0.25) is 0 Å². The van der Waals surface area contributed by atoms with Crippen LogP contribution in [0.1, 0.15) is 58.3 Å². The van der Waals surface area contributed by atoms with Gasteiger partial charge >= 0.3 is 6.03 Å². The Balaban J connectivity index is 1.50. The molecular formula is C23H36N4O2. The largest absolute Gasteiger partial charge is 0.339 e. The summed E-state index contributed by atoms with van der Waals surface area (Å²) < 4.78 is 0. The highest BCUT2D eigenvalue weighted by Gasteiger charge is 2.29. The number of amides is 3. The average molecular weight is 401 g/mol. The third kappa shape index (κ3) is 6.46. The highest BCUT2D eigenvalue weighted by Crippen LogP contribution is 2.23. The molecule has 3 amide bonds. The van der Waals surface area contributed by atoms with Gasteiger partial charge in [-0.25, -0.2) is 4.79 Å². The molecule has 1 aromatic carbocycles. The van der Waals surface area contributed by atoms with Crippen molar-refractivity contribution in [1.29, 1.82) is 0 Å². The fourth-order valence-electron chi connectivity index (χ4n) is 4.70. The zero-order chi connectivity index (χ0) is 20.5. The quantitative estimate of drug-likeness (QED) is 0.731. The maximum atomic E-state index is 13.1. The lowest BCUT2D eigenvalue weighted by molar-refractivity contribution is -0.136. The number of carbonyl (C=O) groups is 2. The molecule has 1 saturated carbocycles. The van der Waals surface area contributed by atoms with Crippen LogP contribution in [0.3, 0.4) is 0 Å². The summed E-state index contributed by atoms with van der Waals surface area (Å²) in [6, 6.07) is 9.91. The number of carbonyl (C=O) groups excluding carboxylic acids is 2. The zero-order valence-electron chi connectivity index (χ0n) is 17.7. The van der Waals surface area contributed by atoms with Gasteiger partial charge in [0.1, 0.15) is 0 Å². The van der Waals surface area contributed by atoms with Crippen molar-refractivity contribution in [3.8, 4) is 0 Å². The molecule has 1 heterocycles. The molecule has 6 nitrogen and oxygen atoms in total. The van der Waals surface area contributed by atoms with Crippen LogP contribution in [0.4, 0.5) is 10.5 Å². The zero-order valence-corrected chi connectivity index (χ0v) is 17.7. The van der Waals surface area contributed by atoms with Crippen LogP contribution in [0.25, 0.3) is 0 Å². The van der Waals surface area contributed by atoms with E-state index in [4.69, 9.17) is 0 Å². The van der Waals surface area contributed by atoms with Gasteiger partial charge in [0.25, 0.3) is 0 Å². The number of benzene rings is 1. The lowest BCUT2D eigenvalue weighted by Gasteiger charge is -2.39. The Morgan fingerprint density at radius 2 is 1.76 bits per heavy atom. The Labute approximate surface area is 175 Å². The Bertz CT molecular complexity index is 646. The summed E-state index contributed by atoms with van der Waals surface area (Å²) in [5.41, 5.74) is 0.784. The predicted octanol–water partition coefficient (Wildman–Crippen LogP) is 3.84. The first kappa shape index (κ1) is 21.6. The molecule has 1 saturated heterocycles. The van der Waals surface area contributed by atoms with Crippen molar-refractivity contribution >= 4 is 17.6 Å². The minimum Gasteiger partial charge on any atom is -0.339 e. The van der Waals surface area contributed by atoms with Gasteiger partial charge in [-0.3, -0.25) is 9.69 Å². The van der Waals surface area contributed by atoms with Gasteiger partial charge in [-0.05, 0) is 51.3 Å². The number of piperidine rings is 1. The van der Waals surface area contributed by atoms with Gasteiger partial charge in [0.2, 0.25) is 5.91 Å². The van der Waals surface area contributed by atoms with Gasteiger partial charge in [0, 0.05) is 30.9 Å². The summed E-state index contributed by atoms with van der Waals surface area (Å²) in [6.07, 6.45) is 9.35. The molecule has 1 aliphatic heterocycles. The van der Waals surface area contributed by atoms with Crippen molar-refractivity contribution in [2.24, 2.45) is 0 Å². The lowest BCUT2D eigenvalue weighted by atomic mass is 9.94. The fraction of sp³-hybridized carbons (Fsp3) is 0.652. The minimum atomic E-state index is -0.189. The van der Waals surface area contributed by atoms with E-state index in [0.717, 1.165) is 50.9 Å². The maximum absolute atomic E-state index is 13.1. The summed E-state index contributed by atoms with van der Waals surface area (Å²) >= 11 is 0. The lowest BCUT2D eigenvalue weighted by Crippen LogP contribution is -2.52. The van der Waals surface area contributed by atoms with Crippen molar-refractivity contribution in [1.82, 2.24) is 15.1 Å². The van der Waals surface area contributed by atoms with E-state index in [2.05, 4.69) is 27.4 Å². The second kappa shape index (κ2) is 11.2. The predicted molar refractivity (Wildman–Crippen MR) is 117 cm³/mol. The minimum absolute atomic E-state index is 0.189. The number of urea groups is 1. The highest BCUT2D eigenvalue weighted by molar-refractivity contribution is 5.89. The van der Waals surface area contributed by atoms with E-state index < -0.39 is 0 Å². The fourth-order valence-corrected chi connectivity index (χ4v) is 4.70. The Kier molecular flexibility index (Phi) is 8.35. The van der Waals surface area contributed by atoms with E-state index in [-0.39, 0.29) is 18.0 Å². The molecule has 2 N–H and O–H groups in total. The average Bonchev–Trinajstić information content (AvgIpc) is 2.75. The Morgan fingerprint density at radius 1 is 1.03 bits per heavy atom. The Morgan fingerprint density at radius 3 is 2.48 bits per heavy atom. The second-order valence-electron chi connectivity index (χ2n) is 8.29. The molecule has 0 radical (unpaired) electrons. The smallest absolute Gasteiger partial charge is 0.319 e. The summed E-state index contributed by atoms with van der Waals surface area (Å²) in [5.74, 6) is 0.250. The first-order valence-electron chi connectivity index (χ1n) is 11.3. The normalized spacial score (nSPS) is 20.8. The van der Waals surface area contributed by atoms with E-state index in [1.165, 1.54) is 19.3 Å². The standard InChI is InChI=1S/C23H36N4O2/c1-2-27(20-13-7-4-8-14-20)22(28)18-26-16-10-9-15-21(26)17-24-23(29)25-19-11-5-3-6-12-19/h3,5-6,11-12,20-21H,2,4,7-10,13-18H2,1H3,(H2,24,25,29). The third-order valence-corrected chi connectivity index (χ3v) is 6.29. The van der Waals surface area contributed by atoms with Crippen LogP contribution in [-0.2, 0) is 4.79 Å². The molecule has 3 rings (SSSR count). The van der Waals surface area contributed by atoms with E-state index in [0.29, 0.717) is 19.1 Å². The van der Waals surface area contributed by atoms with Crippen LogP contribution in [0.15, 0.2) is 30.3 Å². The van der Waals surface area contributed by atoms with Gasteiger partial charge in [-0.2, -0.15) is 0 Å². The Hall–Kier alpha value is -2.08. The molecule has 2 fully saturated rings. The van der Waals surface area contributed by atoms with E-state index in [1.807, 2.05) is 30.3 Å². The number of likely N-dealkylation sites (N-methyl/N-ethyl adjacent to an activating group) is 1. The molecule has 0 bridgehead atoms. The van der Waals surface area contributed by atoms with Gasteiger partial charge in [0.15, 0.2) is 0 Å². The monoisotopic (exact) mass is 400 g/mol. The molecule has 29 heavy (non-hydrogen) atoms. The van der Waals surface area contributed by atoms with Gasteiger partial charge in [-0.1, -0.05) is 43.9 Å². The SMILES string of the molecule is CCN(C(=O)CN1CCCCC1CNC(=O)Nc1ccccc1)C1CCCCC1. The van der Waals surface area contributed by atoms with Crippen LogP contribution < -0.4 is 10.6 Å². The molecule has 160 valence electrons. The van der Waals surface area contributed by atoms with Crippen molar-refractivity contribution in [2.45, 2.75) is 70.4 Å². The van der Waals surface area contributed by atoms with Gasteiger partial charge in [-0.15, -0.1) is 0 Å². The summed E-state index contributed by atoms with van der Waals surface area (Å²) in [7, 11) is 0. The maximum Gasteiger partial charge on any atom is 0.319 e. The molecule has 2 aliphatic rings. The summed E-state index contributed by atoms with van der Waals surface area (Å²) in [6.45, 7) is 4.86. The van der Waals surface area contributed by atoms with Crippen LogP contribution in [0, 0.1) is 0 Å². The molecule has 6 heteroatoms. The van der Waals surface area contributed by atoms with Gasteiger partial charge in [0.05, 0.1) is 6.54 Å². The first-order chi connectivity index (χ1) is 14.2. The van der Waals surface area contributed by atoms with Crippen LogP contribution >= 0.6 is 0 Å². The molecule has 1 unspecified atom stereocenters. The summed E-state index contributed by atoms with van der Waals surface area (Å²) in [4.78, 5) is 29.7. The molecular weight excluding hydrogens is 364 g/mol. The third-order valence-electron chi connectivity index (χ3n) is 6.29.